The number of sulfonamides is 1. The summed E-state index contributed by atoms with van der Waals surface area (Å²) in [6, 6.07) is 12.4. The molecule has 3 aromatic carbocycles. The summed E-state index contributed by atoms with van der Waals surface area (Å²) >= 11 is 6.31. The lowest BCUT2D eigenvalue weighted by molar-refractivity contribution is -0.117. The number of methoxy groups -OCH3 is 2. The number of amides is 1. The smallest absolute Gasteiger partial charge is 0.263 e. The molecule has 186 valence electrons. The molecular formula is C24H25ClFN3O5S. The van der Waals surface area contributed by atoms with Crippen molar-refractivity contribution in [2.45, 2.75) is 17.9 Å². The quantitative estimate of drug-likeness (QED) is 0.382. The molecule has 1 atom stereocenters. The number of hydrogen-bond acceptors (Lipinski definition) is 6. The first-order chi connectivity index (χ1) is 16.6. The number of benzene rings is 3. The average Bonchev–Trinajstić information content (AvgIpc) is 2.83. The summed E-state index contributed by atoms with van der Waals surface area (Å²) < 4.78 is 53.5. The van der Waals surface area contributed by atoms with Crippen molar-refractivity contribution in [1.82, 2.24) is 5.32 Å². The van der Waals surface area contributed by atoms with Gasteiger partial charge in [0.15, 0.2) is 0 Å². The lowest BCUT2D eigenvalue weighted by Crippen LogP contribution is -2.35. The van der Waals surface area contributed by atoms with Crippen molar-refractivity contribution < 1.29 is 27.1 Å². The molecule has 3 aromatic rings. The van der Waals surface area contributed by atoms with Gasteiger partial charge in [0.1, 0.15) is 22.2 Å². The van der Waals surface area contributed by atoms with Crippen molar-refractivity contribution >= 4 is 38.9 Å². The molecule has 0 aliphatic carbocycles. The molecule has 0 radical (unpaired) electrons. The first kappa shape index (κ1) is 26.3. The zero-order chi connectivity index (χ0) is 25.8. The van der Waals surface area contributed by atoms with Crippen LogP contribution in [0, 0.1) is 5.82 Å². The van der Waals surface area contributed by atoms with Crippen LogP contribution in [0.3, 0.4) is 0 Å². The second-order valence-corrected chi connectivity index (χ2v) is 9.57. The molecule has 0 saturated heterocycles. The standard InChI is InChI=1S/C24H25ClFN3O5S/c1-14(27-2)24(30)28-16-6-9-22(34-4)21(12-16)29-35(31,32)23-10-5-15(11-19(23)25)18-13-17(33-3)7-8-20(18)26/h5-14,27,29H,1-4H3,(H,28,30)/t14-/m0/s1. The van der Waals surface area contributed by atoms with Crippen molar-refractivity contribution in [3.05, 3.63) is 65.4 Å². The molecule has 1 amide bonds. The van der Waals surface area contributed by atoms with Gasteiger partial charge in [-0.2, -0.15) is 0 Å². The van der Waals surface area contributed by atoms with Crippen LogP contribution in [0.15, 0.2) is 59.5 Å². The highest BCUT2D eigenvalue weighted by atomic mass is 35.5. The molecule has 0 saturated carbocycles. The van der Waals surface area contributed by atoms with E-state index in [-0.39, 0.29) is 32.8 Å². The highest BCUT2D eigenvalue weighted by Gasteiger charge is 2.22. The predicted molar refractivity (Wildman–Crippen MR) is 134 cm³/mol. The minimum absolute atomic E-state index is 0.0985. The van der Waals surface area contributed by atoms with Crippen molar-refractivity contribution in [1.29, 1.82) is 0 Å². The van der Waals surface area contributed by atoms with Crippen molar-refractivity contribution in [2.24, 2.45) is 0 Å². The molecule has 0 unspecified atom stereocenters. The van der Waals surface area contributed by atoms with Crippen LogP contribution in [-0.2, 0) is 14.8 Å². The lowest BCUT2D eigenvalue weighted by atomic mass is 10.0. The Hall–Kier alpha value is -3.34. The summed E-state index contributed by atoms with van der Waals surface area (Å²) in [5, 5.41) is 5.41. The summed E-state index contributed by atoms with van der Waals surface area (Å²) in [4.78, 5) is 12.0. The van der Waals surface area contributed by atoms with Crippen LogP contribution in [0.1, 0.15) is 6.92 Å². The fourth-order valence-corrected chi connectivity index (χ4v) is 4.79. The third-order valence-electron chi connectivity index (χ3n) is 5.24. The van der Waals surface area contributed by atoms with E-state index in [2.05, 4.69) is 15.4 Å². The lowest BCUT2D eigenvalue weighted by Gasteiger charge is -2.16. The first-order valence-corrected chi connectivity index (χ1v) is 12.3. The Morgan fingerprint density at radius 3 is 2.40 bits per heavy atom. The second kappa shape index (κ2) is 10.9. The van der Waals surface area contributed by atoms with Crippen molar-refractivity contribution in [3.8, 4) is 22.6 Å². The third kappa shape index (κ3) is 6.02. The molecule has 0 aliphatic heterocycles. The van der Waals surface area contributed by atoms with E-state index >= 15 is 0 Å². The maximum Gasteiger partial charge on any atom is 0.263 e. The molecule has 3 rings (SSSR count). The summed E-state index contributed by atoms with van der Waals surface area (Å²) in [6.07, 6.45) is 0. The Bertz CT molecular complexity index is 1350. The van der Waals surface area contributed by atoms with Gasteiger partial charge < -0.3 is 20.1 Å². The number of carbonyl (C=O) groups is 1. The number of ether oxygens (including phenoxy) is 2. The van der Waals surface area contributed by atoms with Gasteiger partial charge in [-0.15, -0.1) is 0 Å². The minimum atomic E-state index is -4.17. The molecule has 0 fully saturated rings. The van der Waals surface area contributed by atoms with Crippen LogP contribution in [-0.4, -0.2) is 41.6 Å². The number of likely N-dealkylation sites (N-methyl/N-ethyl adjacent to an activating group) is 1. The van der Waals surface area contributed by atoms with Gasteiger partial charge in [-0.1, -0.05) is 17.7 Å². The van der Waals surface area contributed by atoms with Crippen molar-refractivity contribution in [2.75, 3.05) is 31.3 Å². The molecule has 0 aromatic heterocycles. The zero-order valence-electron chi connectivity index (χ0n) is 19.5. The van der Waals surface area contributed by atoms with Gasteiger partial charge >= 0.3 is 0 Å². The Kier molecular flexibility index (Phi) is 8.21. The normalized spacial score (nSPS) is 12.1. The van der Waals surface area contributed by atoms with Crippen LogP contribution < -0.4 is 24.8 Å². The minimum Gasteiger partial charge on any atom is -0.497 e. The largest absolute Gasteiger partial charge is 0.497 e. The Labute approximate surface area is 208 Å². The number of halogens is 2. The molecule has 0 aliphatic rings. The number of carbonyl (C=O) groups excluding carboxylic acids is 1. The van der Waals surface area contributed by atoms with E-state index in [1.165, 1.54) is 62.8 Å². The second-order valence-electron chi connectivity index (χ2n) is 7.51. The monoisotopic (exact) mass is 521 g/mol. The highest BCUT2D eigenvalue weighted by molar-refractivity contribution is 7.92. The van der Waals surface area contributed by atoms with Crippen molar-refractivity contribution in [3.63, 3.8) is 0 Å². The molecule has 11 heteroatoms. The van der Waals surface area contributed by atoms with E-state index in [0.29, 0.717) is 17.0 Å². The van der Waals surface area contributed by atoms with Gasteiger partial charge in [0.25, 0.3) is 10.0 Å². The van der Waals surface area contributed by atoms with E-state index in [1.54, 1.807) is 20.0 Å². The zero-order valence-corrected chi connectivity index (χ0v) is 21.1. The van der Waals surface area contributed by atoms with E-state index in [9.17, 15) is 17.6 Å². The van der Waals surface area contributed by atoms with Crippen LogP contribution >= 0.6 is 11.6 Å². The Morgan fingerprint density at radius 2 is 1.77 bits per heavy atom. The highest BCUT2D eigenvalue weighted by Crippen LogP contribution is 2.34. The molecule has 3 N–H and O–H groups in total. The Morgan fingerprint density at radius 1 is 1.03 bits per heavy atom. The SMILES string of the molecule is CN[C@@H](C)C(=O)Nc1ccc(OC)c(NS(=O)(=O)c2ccc(-c3cc(OC)ccc3F)cc2Cl)c1. The molecule has 0 heterocycles. The molecule has 8 nitrogen and oxygen atoms in total. The van der Waals surface area contributed by atoms with Crippen LogP contribution in [0.2, 0.25) is 5.02 Å². The summed E-state index contributed by atoms with van der Waals surface area (Å²) in [6.45, 7) is 1.69. The van der Waals surface area contributed by atoms with Crippen LogP contribution in [0.5, 0.6) is 11.5 Å². The topological polar surface area (TPSA) is 106 Å². The van der Waals surface area contributed by atoms with E-state index in [0.717, 1.165) is 0 Å². The molecule has 35 heavy (non-hydrogen) atoms. The van der Waals surface area contributed by atoms with Gasteiger partial charge in [-0.05, 0) is 68.1 Å². The van der Waals surface area contributed by atoms with Gasteiger partial charge in [0.05, 0.1) is 31.0 Å². The number of hydrogen-bond donors (Lipinski definition) is 3. The van der Waals surface area contributed by atoms with Gasteiger partial charge in [-0.25, -0.2) is 12.8 Å². The Balaban J connectivity index is 1.93. The number of rotatable bonds is 9. The van der Waals surface area contributed by atoms with Crippen LogP contribution in [0.25, 0.3) is 11.1 Å². The van der Waals surface area contributed by atoms with Gasteiger partial charge in [-0.3, -0.25) is 9.52 Å². The fourth-order valence-electron chi connectivity index (χ4n) is 3.19. The maximum atomic E-state index is 14.4. The number of anilines is 2. The fraction of sp³-hybridized carbons (Fsp3) is 0.208. The van der Waals surface area contributed by atoms with Gasteiger partial charge in [0, 0.05) is 11.3 Å². The average molecular weight is 522 g/mol. The molecule has 0 bridgehead atoms. The predicted octanol–water partition coefficient (Wildman–Crippen LogP) is 4.51. The maximum absolute atomic E-state index is 14.4. The third-order valence-corrected chi connectivity index (χ3v) is 7.09. The summed E-state index contributed by atoms with van der Waals surface area (Å²) in [5.41, 5.74) is 1.06. The summed E-state index contributed by atoms with van der Waals surface area (Å²) in [5.74, 6) is -0.125. The molecular weight excluding hydrogens is 497 g/mol. The molecule has 0 spiro atoms. The summed E-state index contributed by atoms with van der Waals surface area (Å²) in [7, 11) is 0.326. The van der Waals surface area contributed by atoms with E-state index in [4.69, 9.17) is 21.1 Å². The van der Waals surface area contributed by atoms with E-state index in [1.807, 2.05) is 0 Å². The van der Waals surface area contributed by atoms with E-state index < -0.39 is 21.9 Å². The van der Waals surface area contributed by atoms with Gasteiger partial charge in [0.2, 0.25) is 5.91 Å². The van der Waals surface area contributed by atoms with Crippen LogP contribution in [0.4, 0.5) is 15.8 Å². The first-order valence-electron chi connectivity index (χ1n) is 10.4. The number of nitrogens with one attached hydrogen (secondary N) is 3.